The third kappa shape index (κ3) is 2.31. The number of aliphatic hydroxyl groups is 1. The highest BCUT2D eigenvalue weighted by Gasteiger charge is 2.47. The van der Waals surface area contributed by atoms with Crippen LogP contribution in [0, 0.1) is 5.41 Å². The van der Waals surface area contributed by atoms with Crippen LogP contribution in [0.15, 0.2) is 18.6 Å². The van der Waals surface area contributed by atoms with Gasteiger partial charge in [-0.1, -0.05) is 0 Å². The SMILES string of the molecule is NCC1(C(O)c2ccncn2)CCS(=O)(=O)C1. The molecule has 1 aliphatic rings. The van der Waals surface area contributed by atoms with E-state index in [2.05, 4.69) is 9.97 Å². The third-order valence-corrected chi connectivity index (χ3v) is 5.13. The van der Waals surface area contributed by atoms with Crippen molar-refractivity contribution >= 4 is 9.84 Å². The van der Waals surface area contributed by atoms with Crippen LogP contribution in [0.4, 0.5) is 0 Å². The van der Waals surface area contributed by atoms with Crippen LogP contribution in [-0.4, -0.2) is 41.5 Å². The standard InChI is InChI=1S/C10H15N3O3S/c11-5-10(2-4-17(15,16)6-10)9(14)8-1-3-12-7-13-8/h1,3,7,9,14H,2,4-6,11H2. The molecule has 2 unspecified atom stereocenters. The van der Waals surface area contributed by atoms with Crippen LogP contribution < -0.4 is 5.73 Å². The normalized spacial score (nSPS) is 29.1. The molecule has 1 aromatic rings. The molecule has 17 heavy (non-hydrogen) atoms. The summed E-state index contributed by atoms with van der Waals surface area (Å²) in [5.41, 5.74) is 5.27. The monoisotopic (exact) mass is 257 g/mol. The molecule has 0 aliphatic carbocycles. The van der Waals surface area contributed by atoms with E-state index in [0.717, 1.165) is 0 Å². The zero-order valence-electron chi connectivity index (χ0n) is 9.28. The maximum Gasteiger partial charge on any atom is 0.151 e. The molecular weight excluding hydrogens is 242 g/mol. The molecule has 2 heterocycles. The highest BCUT2D eigenvalue weighted by Crippen LogP contribution is 2.41. The van der Waals surface area contributed by atoms with E-state index < -0.39 is 21.4 Å². The smallest absolute Gasteiger partial charge is 0.151 e. The Morgan fingerprint density at radius 2 is 2.35 bits per heavy atom. The van der Waals surface area contributed by atoms with Gasteiger partial charge in [0.1, 0.15) is 12.4 Å². The van der Waals surface area contributed by atoms with Crippen LogP contribution in [0.5, 0.6) is 0 Å². The summed E-state index contributed by atoms with van der Waals surface area (Å²) in [5.74, 6) is -0.00594. The lowest BCUT2D eigenvalue weighted by Crippen LogP contribution is -2.38. The molecule has 3 N–H and O–H groups in total. The summed E-state index contributed by atoms with van der Waals surface area (Å²) in [4.78, 5) is 7.71. The molecule has 94 valence electrons. The van der Waals surface area contributed by atoms with E-state index in [1.807, 2.05) is 0 Å². The Morgan fingerprint density at radius 1 is 1.59 bits per heavy atom. The van der Waals surface area contributed by atoms with E-state index in [9.17, 15) is 13.5 Å². The Morgan fingerprint density at radius 3 is 2.82 bits per heavy atom. The molecule has 0 radical (unpaired) electrons. The molecule has 1 aromatic heterocycles. The van der Waals surface area contributed by atoms with Gasteiger partial charge in [-0.15, -0.1) is 0 Å². The van der Waals surface area contributed by atoms with Crippen molar-refractivity contribution in [1.82, 2.24) is 9.97 Å². The minimum Gasteiger partial charge on any atom is -0.386 e. The number of aliphatic hydroxyl groups excluding tert-OH is 1. The lowest BCUT2D eigenvalue weighted by atomic mass is 9.80. The minimum atomic E-state index is -3.10. The maximum absolute atomic E-state index is 11.5. The lowest BCUT2D eigenvalue weighted by Gasteiger charge is -2.31. The molecule has 1 fully saturated rings. The lowest BCUT2D eigenvalue weighted by molar-refractivity contribution is 0.0435. The summed E-state index contributed by atoms with van der Waals surface area (Å²) >= 11 is 0. The third-order valence-electron chi connectivity index (χ3n) is 3.29. The molecule has 2 rings (SSSR count). The van der Waals surface area contributed by atoms with E-state index in [0.29, 0.717) is 12.1 Å². The number of nitrogens with two attached hydrogens (primary N) is 1. The summed E-state index contributed by atoms with van der Waals surface area (Å²) in [7, 11) is -3.10. The van der Waals surface area contributed by atoms with Crippen molar-refractivity contribution in [2.24, 2.45) is 11.1 Å². The molecule has 0 aromatic carbocycles. The first-order chi connectivity index (χ1) is 7.99. The predicted molar refractivity (Wildman–Crippen MR) is 61.8 cm³/mol. The Labute approximate surface area is 99.8 Å². The van der Waals surface area contributed by atoms with Gasteiger partial charge in [-0.2, -0.15) is 0 Å². The average Bonchev–Trinajstić information content (AvgIpc) is 2.66. The van der Waals surface area contributed by atoms with Crippen molar-refractivity contribution in [3.05, 3.63) is 24.3 Å². The van der Waals surface area contributed by atoms with Gasteiger partial charge < -0.3 is 10.8 Å². The fraction of sp³-hybridized carbons (Fsp3) is 0.600. The van der Waals surface area contributed by atoms with Crippen LogP contribution in [0.3, 0.4) is 0 Å². The van der Waals surface area contributed by atoms with Gasteiger partial charge >= 0.3 is 0 Å². The molecule has 0 amide bonds. The second kappa shape index (κ2) is 4.32. The highest BCUT2D eigenvalue weighted by molar-refractivity contribution is 7.91. The van der Waals surface area contributed by atoms with Crippen LogP contribution in [0.1, 0.15) is 18.2 Å². The Bertz CT molecular complexity index is 491. The van der Waals surface area contributed by atoms with Crippen molar-refractivity contribution in [3.63, 3.8) is 0 Å². The molecule has 0 spiro atoms. The van der Waals surface area contributed by atoms with Gasteiger partial charge in [-0.25, -0.2) is 18.4 Å². The summed E-state index contributed by atoms with van der Waals surface area (Å²) in [6.07, 6.45) is 2.25. The number of nitrogens with zero attached hydrogens (tertiary/aromatic N) is 2. The second-order valence-corrected chi connectivity index (χ2v) is 6.63. The predicted octanol–water partition coefficient (Wildman–Crippen LogP) is -0.726. The van der Waals surface area contributed by atoms with Crippen LogP contribution in [0.25, 0.3) is 0 Å². The van der Waals surface area contributed by atoms with Gasteiger partial charge in [0.15, 0.2) is 9.84 Å². The number of aromatic nitrogens is 2. The zero-order valence-corrected chi connectivity index (χ0v) is 10.1. The molecular formula is C10H15N3O3S. The van der Waals surface area contributed by atoms with Gasteiger partial charge in [-0.05, 0) is 12.5 Å². The van der Waals surface area contributed by atoms with Gasteiger partial charge in [0.2, 0.25) is 0 Å². The van der Waals surface area contributed by atoms with E-state index in [1.165, 1.54) is 12.5 Å². The second-order valence-electron chi connectivity index (χ2n) is 4.45. The van der Waals surface area contributed by atoms with Crippen molar-refractivity contribution in [2.75, 3.05) is 18.1 Å². The fourth-order valence-electron chi connectivity index (χ4n) is 2.21. The number of hydrogen-bond acceptors (Lipinski definition) is 6. The molecule has 2 atom stereocenters. The quantitative estimate of drug-likeness (QED) is 0.739. The molecule has 1 aliphatic heterocycles. The van der Waals surface area contributed by atoms with Crippen LogP contribution in [-0.2, 0) is 9.84 Å². The van der Waals surface area contributed by atoms with E-state index in [-0.39, 0.29) is 18.1 Å². The van der Waals surface area contributed by atoms with E-state index in [1.54, 1.807) is 6.07 Å². The molecule has 0 saturated carbocycles. The van der Waals surface area contributed by atoms with Crippen molar-refractivity contribution in [2.45, 2.75) is 12.5 Å². The molecule has 7 heteroatoms. The largest absolute Gasteiger partial charge is 0.386 e. The summed E-state index contributed by atoms with van der Waals surface area (Å²) in [6, 6.07) is 1.58. The Balaban J connectivity index is 2.32. The number of sulfone groups is 1. The van der Waals surface area contributed by atoms with Crippen molar-refractivity contribution in [1.29, 1.82) is 0 Å². The zero-order chi connectivity index (χ0) is 12.5. The van der Waals surface area contributed by atoms with E-state index in [4.69, 9.17) is 5.73 Å². The van der Waals surface area contributed by atoms with Gasteiger partial charge in [0.05, 0.1) is 17.2 Å². The van der Waals surface area contributed by atoms with Crippen LogP contribution in [0.2, 0.25) is 0 Å². The molecule has 0 bridgehead atoms. The summed E-state index contributed by atoms with van der Waals surface area (Å²) in [5, 5.41) is 10.3. The maximum atomic E-state index is 11.5. The van der Waals surface area contributed by atoms with Gasteiger partial charge in [0, 0.05) is 18.2 Å². The Kier molecular flexibility index (Phi) is 3.15. The average molecular weight is 257 g/mol. The first-order valence-electron chi connectivity index (χ1n) is 5.34. The van der Waals surface area contributed by atoms with Crippen LogP contribution >= 0.6 is 0 Å². The number of rotatable bonds is 3. The molecule has 1 saturated heterocycles. The van der Waals surface area contributed by atoms with Crippen molar-refractivity contribution in [3.8, 4) is 0 Å². The Hall–Kier alpha value is -1.05. The first kappa shape index (κ1) is 12.4. The first-order valence-corrected chi connectivity index (χ1v) is 7.16. The fourth-order valence-corrected chi connectivity index (χ4v) is 4.36. The summed E-state index contributed by atoms with van der Waals surface area (Å²) < 4.78 is 23.1. The minimum absolute atomic E-state index is 0.0757. The topological polar surface area (TPSA) is 106 Å². The summed E-state index contributed by atoms with van der Waals surface area (Å²) in [6.45, 7) is 0.122. The van der Waals surface area contributed by atoms with Gasteiger partial charge in [-0.3, -0.25) is 0 Å². The van der Waals surface area contributed by atoms with Crippen molar-refractivity contribution < 1.29 is 13.5 Å². The van der Waals surface area contributed by atoms with E-state index >= 15 is 0 Å². The molecule has 6 nitrogen and oxygen atoms in total. The number of hydrogen-bond donors (Lipinski definition) is 2. The van der Waals surface area contributed by atoms with Gasteiger partial charge in [0.25, 0.3) is 0 Å². The highest BCUT2D eigenvalue weighted by atomic mass is 32.2.